The first-order valence-corrected chi connectivity index (χ1v) is 22.0. The molecule has 0 saturated carbocycles. The van der Waals surface area contributed by atoms with Crippen molar-refractivity contribution in [2.24, 2.45) is 0 Å². The van der Waals surface area contributed by atoms with E-state index in [1.165, 1.54) is 70.2 Å². The highest BCUT2D eigenvalue weighted by atomic mass is 32.1. The summed E-state index contributed by atoms with van der Waals surface area (Å²) in [6.45, 7) is 0. The van der Waals surface area contributed by atoms with Crippen molar-refractivity contribution >= 4 is 31.5 Å². The Hall–Kier alpha value is -7.72. The zero-order valence-corrected chi connectivity index (χ0v) is 34.4. The first kappa shape index (κ1) is 35.1. The summed E-state index contributed by atoms with van der Waals surface area (Å²) in [6, 6.07) is 79.6. The molecule has 3 heteroatoms. The minimum atomic E-state index is -0.394. The maximum atomic E-state index is 5.37. The third-order valence-corrected chi connectivity index (χ3v) is 14.3. The van der Waals surface area contributed by atoms with Crippen LogP contribution in [0.2, 0.25) is 0 Å². The van der Waals surface area contributed by atoms with Gasteiger partial charge in [-0.05, 0) is 103 Å². The van der Waals surface area contributed by atoms with Gasteiger partial charge in [-0.3, -0.25) is 0 Å². The molecule has 0 atom stereocenters. The average Bonchev–Trinajstić information content (AvgIpc) is 3.98. The summed E-state index contributed by atoms with van der Waals surface area (Å²) in [6.07, 6.45) is 0. The standard InChI is InChI=1S/C59H36N2S/c1-3-16-37(17-4-1)40-32-41(43-24-15-25-48-47-23-10-14-29-56(47)62-57(43)48)34-42(33-40)55-36-54(60-58(61-55)38-18-5-2-6-19-38)39-30-31-53-49(35-39)46-22-9-13-28-52(46)59(53)50-26-11-7-20-44(50)45-21-8-12-27-51(45)59/h1-36H. The second kappa shape index (κ2) is 13.7. The smallest absolute Gasteiger partial charge is 0.160 e. The fourth-order valence-corrected chi connectivity index (χ4v) is 11.7. The second-order valence-electron chi connectivity index (χ2n) is 16.4. The van der Waals surface area contributed by atoms with E-state index < -0.39 is 5.41 Å². The first-order chi connectivity index (χ1) is 30.7. The fourth-order valence-electron chi connectivity index (χ4n) is 10.4. The van der Waals surface area contributed by atoms with E-state index in [4.69, 9.17) is 9.97 Å². The first-order valence-electron chi connectivity index (χ1n) is 21.2. The lowest BCUT2D eigenvalue weighted by Crippen LogP contribution is -2.25. The van der Waals surface area contributed by atoms with E-state index in [-0.39, 0.29) is 0 Å². The zero-order valence-electron chi connectivity index (χ0n) is 33.6. The summed E-state index contributed by atoms with van der Waals surface area (Å²) >= 11 is 1.86. The van der Waals surface area contributed by atoms with Crippen LogP contribution < -0.4 is 0 Å². The monoisotopic (exact) mass is 804 g/mol. The summed E-state index contributed by atoms with van der Waals surface area (Å²) in [5, 5.41) is 2.58. The van der Waals surface area contributed by atoms with Crippen molar-refractivity contribution in [3.8, 4) is 78.4 Å². The van der Waals surface area contributed by atoms with Crippen LogP contribution in [0.3, 0.4) is 0 Å². The van der Waals surface area contributed by atoms with Crippen LogP contribution in [-0.2, 0) is 5.41 Å². The van der Waals surface area contributed by atoms with Crippen LogP contribution in [0, 0.1) is 0 Å². The molecule has 0 radical (unpaired) electrons. The molecule has 2 aliphatic rings. The molecule has 0 aliphatic heterocycles. The molecule has 2 heterocycles. The summed E-state index contributed by atoms with van der Waals surface area (Å²) < 4.78 is 2.59. The van der Waals surface area contributed by atoms with Crippen molar-refractivity contribution in [1.82, 2.24) is 9.97 Å². The van der Waals surface area contributed by atoms with Crippen LogP contribution in [0.1, 0.15) is 22.3 Å². The minimum Gasteiger partial charge on any atom is -0.228 e. The van der Waals surface area contributed by atoms with E-state index in [9.17, 15) is 0 Å². The maximum Gasteiger partial charge on any atom is 0.160 e. The predicted octanol–water partition coefficient (Wildman–Crippen LogP) is 15.5. The van der Waals surface area contributed by atoms with Crippen LogP contribution in [0.4, 0.5) is 0 Å². The Balaban J connectivity index is 1.03. The molecule has 62 heavy (non-hydrogen) atoms. The van der Waals surface area contributed by atoms with Gasteiger partial charge in [-0.15, -0.1) is 11.3 Å². The van der Waals surface area contributed by atoms with Gasteiger partial charge in [0.2, 0.25) is 0 Å². The molecule has 2 nitrogen and oxygen atoms in total. The Kier molecular flexibility index (Phi) is 7.72. The predicted molar refractivity (Wildman–Crippen MR) is 258 cm³/mol. The molecule has 0 amide bonds. The molecule has 288 valence electrons. The average molecular weight is 805 g/mol. The Morgan fingerprint density at radius 1 is 0.306 bits per heavy atom. The van der Waals surface area contributed by atoms with Gasteiger partial charge in [-0.25, -0.2) is 9.97 Å². The van der Waals surface area contributed by atoms with Crippen LogP contribution in [0.5, 0.6) is 0 Å². The Labute approximate surface area is 364 Å². The highest BCUT2D eigenvalue weighted by Gasteiger charge is 2.51. The van der Waals surface area contributed by atoms with Gasteiger partial charge in [-0.2, -0.15) is 0 Å². The SMILES string of the molecule is c1ccc(-c2cc(-c3cc(-c4ccc5c(c4)-c4ccccc4C54c5ccccc5-c5ccccc54)nc(-c4ccccc4)n3)cc(-c3cccc4c3sc3ccccc34)c2)cc1. The van der Waals surface area contributed by atoms with E-state index in [2.05, 4.69) is 212 Å². The van der Waals surface area contributed by atoms with Crippen molar-refractivity contribution < 1.29 is 0 Å². The molecular weight excluding hydrogens is 769 g/mol. The Bertz CT molecular complexity index is 3540. The number of aromatic nitrogens is 2. The van der Waals surface area contributed by atoms with Gasteiger partial charge in [0, 0.05) is 36.9 Å². The molecular formula is C59H36N2S. The largest absolute Gasteiger partial charge is 0.228 e. The molecule has 0 fully saturated rings. The van der Waals surface area contributed by atoms with Gasteiger partial charge < -0.3 is 0 Å². The van der Waals surface area contributed by atoms with Gasteiger partial charge >= 0.3 is 0 Å². The quantitative estimate of drug-likeness (QED) is 0.173. The molecule has 11 aromatic rings. The lowest BCUT2D eigenvalue weighted by molar-refractivity contribution is 0.794. The topological polar surface area (TPSA) is 25.8 Å². The van der Waals surface area contributed by atoms with Gasteiger partial charge in [0.15, 0.2) is 5.82 Å². The molecule has 1 spiro atoms. The van der Waals surface area contributed by atoms with Crippen molar-refractivity contribution in [2.75, 3.05) is 0 Å². The number of thiophene rings is 1. The highest BCUT2D eigenvalue weighted by molar-refractivity contribution is 7.26. The van der Waals surface area contributed by atoms with Crippen molar-refractivity contribution in [1.29, 1.82) is 0 Å². The zero-order chi connectivity index (χ0) is 40.8. The Morgan fingerprint density at radius 3 is 1.53 bits per heavy atom. The number of nitrogens with zero attached hydrogens (tertiary/aromatic N) is 2. The van der Waals surface area contributed by atoms with Crippen LogP contribution in [-0.4, -0.2) is 9.97 Å². The van der Waals surface area contributed by atoms with E-state index in [1.807, 2.05) is 17.4 Å². The van der Waals surface area contributed by atoms with Crippen LogP contribution in [0.15, 0.2) is 218 Å². The lowest BCUT2D eigenvalue weighted by Gasteiger charge is -2.30. The number of rotatable bonds is 5. The van der Waals surface area contributed by atoms with Crippen molar-refractivity contribution in [3.05, 3.63) is 241 Å². The summed E-state index contributed by atoms with van der Waals surface area (Å²) in [5.74, 6) is 0.701. The molecule has 13 rings (SSSR count). The molecule has 0 unspecified atom stereocenters. The number of hydrogen-bond acceptors (Lipinski definition) is 3. The van der Waals surface area contributed by atoms with Gasteiger partial charge in [-0.1, -0.05) is 182 Å². The Morgan fingerprint density at radius 2 is 0.823 bits per heavy atom. The summed E-state index contributed by atoms with van der Waals surface area (Å²) in [5.41, 5.74) is 19.6. The molecule has 9 aromatic carbocycles. The van der Waals surface area contributed by atoms with Gasteiger partial charge in [0.25, 0.3) is 0 Å². The third kappa shape index (κ3) is 5.16. The second-order valence-corrected chi connectivity index (χ2v) is 17.5. The fraction of sp³-hybridized carbons (Fsp3) is 0.0169. The number of benzene rings is 9. The van der Waals surface area contributed by atoms with Gasteiger partial charge in [0.05, 0.1) is 16.8 Å². The molecule has 0 saturated heterocycles. The van der Waals surface area contributed by atoms with E-state index in [0.717, 1.165) is 44.8 Å². The molecule has 0 N–H and O–H groups in total. The van der Waals surface area contributed by atoms with Gasteiger partial charge in [0.1, 0.15) is 0 Å². The van der Waals surface area contributed by atoms with Crippen molar-refractivity contribution in [3.63, 3.8) is 0 Å². The molecule has 2 aromatic heterocycles. The summed E-state index contributed by atoms with van der Waals surface area (Å²) in [7, 11) is 0. The van der Waals surface area contributed by atoms with E-state index >= 15 is 0 Å². The van der Waals surface area contributed by atoms with E-state index in [0.29, 0.717) is 5.82 Å². The molecule has 0 bridgehead atoms. The van der Waals surface area contributed by atoms with Crippen LogP contribution >= 0.6 is 11.3 Å². The van der Waals surface area contributed by atoms with Crippen molar-refractivity contribution in [2.45, 2.75) is 5.41 Å². The maximum absolute atomic E-state index is 5.37. The number of fused-ring (bicyclic) bond motifs is 13. The molecule has 2 aliphatic carbocycles. The highest BCUT2D eigenvalue weighted by Crippen LogP contribution is 2.63. The minimum absolute atomic E-state index is 0.394. The number of hydrogen-bond donors (Lipinski definition) is 0. The third-order valence-electron chi connectivity index (χ3n) is 13.1. The van der Waals surface area contributed by atoms with Crippen LogP contribution in [0.25, 0.3) is 98.6 Å². The normalized spacial score (nSPS) is 13.0. The summed E-state index contributed by atoms with van der Waals surface area (Å²) in [4.78, 5) is 10.7. The lowest BCUT2D eigenvalue weighted by atomic mass is 9.70. The van der Waals surface area contributed by atoms with E-state index in [1.54, 1.807) is 0 Å².